The second-order valence-electron chi connectivity index (χ2n) is 5.11. The van der Waals surface area contributed by atoms with E-state index in [1.54, 1.807) is 40.5 Å². The Morgan fingerprint density at radius 2 is 1.88 bits per heavy atom. The number of nitrogens with zero attached hydrogens (tertiary/aromatic N) is 2. The number of hydrogen-bond acceptors (Lipinski definition) is 6. The van der Waals surface area contributed by atoms with Crippen molar-refractivity contribution in [2.45, 2.75) is 11.8 Å². The van der Waals surface area contributed by atoms with Crippen molar-refractivity contribution in [3.05, 3.63) is 60.1 Å². The molecule has 2 aromatic heterocycles. The largest absolute Gasteiger partial charge is 0.466 e. The zero-order valence-electron chi connectivity index (χ0n) is 14.1. The standard InChI is InChI=1S/C10H9NOS.C9H9NS2/c1-2-7-12-10-11-8-5-3-4-6-9(8)13-10;1-6-10-8-5-7(11-2)3-4-9(8)12-6/h2-6H,1,7H2;3-5H,1-2H3. The molecule has 2 aromatic carbocycles. The number of hydrogen-bond donors (Lipinski definition) is 0. The third-order valence-corrected chi connectivity index (χ3v) is 5.93. The molecule has 0 atom stereocenters. The lowest BCUT2D eigenvalue weighted by Gasteiger charge is -1.93. The molecular weight excluding hydrogens is 368 g/mol. The van der Waals surface area contributed by atoms with E-state index >= 15 is 0 Å². The van der Waals surface area contributed by atoms with E-state index in [1.807, 2.05) is 31.2 Å². The van der Waals surface area contributed by atoms with Crippen molar-refractivity contribution in [3.63, 3.8) is 0 Å². The van der Waals surface area contributed by atoms with Gasteiger partial charge in [-0.25, -0.2) is 9.97 Å². The molecule has 2 heterocycles. The van der Waals surface area contributed by atoms with Crippen LogP contribution in [0.15, 0.2) is 60.0 Å². The van der Waals surface area contributed by atoms with E-state index in [2.05, 4.69) is 41.0 Å². The van der Waals surface area contributed by atoms with Crippen molar-refractivity contribution in [1.29, 1.82) is 0 Å². The Labute approximate surface area is 159 Å². The van der Waals surface area contributed by atoms with E-state index in [0.29, 0.717) is 11.8 Å². The van der Waals surface area contributed by atoms with Crippen molar-refractivity contribution < 1.29 is 4.74 Å². The summed E-state index contributed by atoms with van der Waals surface area (Å²) >= 11 is 5.06. The molecule has 0 bridgehead atoms. The maximum Gasteiger partial charge on any atom is 0.274 e. The first-order valence-electron chi connectivity index (χ1n) is 7.70. The second-order valence-corrected chi connectivity index (χ2v) is 8.22. The fourth-order valence-electron chi connectivity index (χ4n) is 2.19. The number of aromatic nitrogens is 2. The van der Waals surface area contributed by atoms with Crippen LogP contribution in [0.25, 0.3) is 20.4 Å². The van der Waals surface area contributed by atoms with Gasteiger partial charge < -0.3 is 4.74 Å². The Morgan fingerprint density at radius 1 is 1.08 bits per heavy atom. The smallest absolute Gasteiger partial charge is 0.274 e. The quantitative estimate of drug-likeness (QED) is 0.309. The van der Waals surface area contributed by atoms with Gasteiger partial charge in [-0.05, 0) is 43.5 Å². The van der Waals surface area contributed by atoms with Gasteiger partial charge in [-0.15, -0.1) is 23.1 Å². The van der Waals surface area contributed by atoms with Crippen LogP contribution in [0.5, 0.6) is 5.19 Å². The predicted molar refractivity (Wildman–Crippen MR) is 111 cm³/mol. The van der Waals surface area contributed by atoms with Gasteiger partial charge in [0, 0.05) is 4.90 Å². The minimum absolute atomic E-state index is 0.514. The number of benzene rings is 2. The number of aryl methyl sites for hydroxylation is 1. The summed E-state index contributed by atoms with van der Waals surface area (Å²) in [5, 5.41) is 1.85. The van der Waals surface area contributed by atoms with Crippen LogP contribution in [0, 0.1) is 6.92 Å². The molecule has 3 nitrogen and oxygen atoms in total. The van der Waals surface area contributed by atoms with E-state index in [0.717, 1.165) is 20.7 Å². The average molecular weight is 387 g/mol. The molecule has 0 fully saturated rings. The monoisotopic (exact) mass is 386 g/mol. The normalized spacial score (nSPS) is 10.5. The third kappa shape index (κ3) is 4.60. The number of ether oxygens (including phenoxy) is 1. The Morgan fingerprint density at radius 3 is 2.64 bits per heavy atom. The molecule has 0 saturated carbocycles. The van der Waals surface area contributed by atoms with Gasteiger partial charge >= 0.3 is 0 Å². The van der Waals surface area contributed by atoms with Crippen molar-refractivity contribution in [3.8, 4) is 5.19 Å². The lowest BCUT2D eigenvalue weighted by molar-refractivity contribution is 0.362. The molecule has 0 N–H and O–H groups in total. The van der Waals surface area contributed by atoms with Crippen molar-refractivity contribution in [2.75, 3.05) is 12.9 Å². The molecule has 0 aliphatic carbocycles. The highest BCUT2D eigenvalue weighted by Gasteiger charge is 2.02. The average Bonchev–Trinajstić information content (AvgIpc) is 3.21. The summed E-state index contributed by atoms with van der Waals surface area (Å²) in [7, 11) is 0. The molecule has 0 unspecified atom stereocenters. The number of thiazole rings is 2. The van der Waals surface area contributed by atoms with Crippen molar-refractivity contribution in [2.24, 2.45) is 0 Å². The van der Waals surface area contributed by atoms with Crippen LogP contribution in [-0.4, -0.2) is 22.8 Å². The van der Waals surface area contributed by atoms with Gasteiger partial charge in [0.25, 0.3) is 5.19 Å². The molecule has 25 heavy (non-hydrogen) atoms. The Hall–Kier alpha value is -1.89. The minimum Gasteiger partial charge on any atom is -0.466 e. The van der Waals surface area contributed by atoms with E-state index < -0.39 is 0 Å². The molecule has 0 saturated heterocycles. The van der Waals surface area contributed by atoms with Crippen molar-refractivity contribution >= 4 is 54.9 Å². The van der Waals surface area contributed by atoms with Crippen LogP contribution in [0.2, 0.25) is 0 Å². The first-order valence-corrected chi connectivity index (χ1v) is 10.6. The van der Waals surface area contributed by atoms with Gasteiger partial charge in [0.1, 0.15) is 6.61 Å². The highest BCUT2D eigenvalue weighted by molar-refractivity contribution is 7.98. The maximum absolute atomic E-state index is 5.33. The highest BCUT2D eigenvalue weighted by Crippen LogP contribution is 2.27. The van der Waals surface area contributed by atoms with Crippen LogP contribution < -0.4 is 4.74 Å². The van der Waals surface area contributed by atoms with Gasteiger partial charge in [-0.1, -0.05) is 36.1 Å². The van der Waals surface area contributed by atoms with Gasteiger partial charge in [0.2, 0.25) is 0 Å². The molecule has 0 aliphatic rings. The van der Waals surface area contributed by atoms with E-state index in [1.165, 1.54) is 9.60 Å². The molecule has 6 heteroatoms. The summed E-state index contributed by atoms with van der Waals surface area (Å²) in [4.78, 5) is 10.0. The van der Waals surface area contributed by atoms with Crippen LogP contribution in [-0.2, 0) is 0 Å². The molecule has 0 radical (unpaired) electrons. The second kappa shape index (κ2) is 8.47. The van der Waals surface area contributed by atoms with Crippen LogP contribution in [0.4, 0.5) is 0 Å². The maximum atomic E-state index is 5.33. The summed E-state index contributed by atoms with van der Waals surface area (Å²) in [6, 6.07) is 14.4. The zero-order chi connectivity index (χ0) is 17.6. The van der Waals surface area contributed by atoms with Crippen LogP contribution >= 0.6 is 34.4 Å². The molecule has 0 spiro atoms. The third-order valence-electron chi connectivity index (χ3n) is 3.30. The number of para-hydroxylation sites is 1. The Kier molecular flexibility index (Phi) is 6.07. The summed E-state index contributed by atoms with van der Waals surface area (Å²) < 4.78 is 7.77. The Balaban J connectivity index is 0.000000146. The number of rotatable bonds is 4. The first kappa shape index (κ1) is 17.9. The fourth-order valence-corrected chi connectivity index (χ4v) is 4.26. The van der Waals surface area contributed by atoms with Gasteiger partial charge in [0.05, 0.1) is 25.4 Å². The first-order chi connectivity index (χ1) is 12.2. The molecular formula is C19H18N2OS3. The Bertz CT molecular complexity index is 958. The number of fused-ring (bicyclic) bond motifs is 2. The molecule has 0 amide bonds. The lowest BCUT2D eigenvalue weighted by Crippen LogP contribution is -1.90. The van der Waals surface area contributed by atoms with E-state index in [-0.39, 0.29) is 0 Å². The summed E-state index contributed by atoms with van der Waals surface area (Å²) in [6.07, 6.45) is 3.80. The summed E-state index contributed by atoms with van der Waals surface area (Å²) in [5.74, 6) is 0. The summed E-state index contributed by atoms with van der Waals surface area (Å²) in [6.45, 7) is 6.14. The molecule has 128 valence electrons. The van der Waals surface area contributed by atoms with Crippen LogP contribution in [0.1, 0.15) is 5.01 Å². The van der Waals surface area contributed by atoms with Crippen molar-refractivity contribution in [1.82, 2.24) is 9.97 Å². The fraction of sp³-hybridized carbons (Fsp3) is 0.158. The minimum atomic E-state index is 0.514. The van der Waals surface area contributed by atoms with Gasteiger partial charge in [-0.3, -0.25) is 0 Å². The van der Waals surface area contributed by atoms with Crippen LogP contribution in [0.3, 0.4) is 0 Å². The van der Waals surface area contributed by atoms with Gasteiger partial charge in [0.15, 0.2) is 0 Å². The molecule has 4 aromatic rings. The SMILES string of the molecule is C=CCOc1nc2ccccc2s1.CSc1ccc2sc(C)nc2c1. The zero-order valence-corrected chi connectivity index (χ0v) is 16.5. The number of thioether (sulfide) groups is 1. The van der Waals surface area contributed by atoms with E-state index in [4.69, 9.17) is 4.74 Å². The molecule has 4 rings (SSSR count). The molecule has 0 aliphatic heterocycles. The van der Waals surface area contributed by atoms with E-state index in [9.17, 15) is 0 Å². The lowest BCUT2D eigenvalue weighted by atomic mass is 10.3. The van der Waals surface area contributed by atoms with Gasteiger partial charge in [-0.2, -0.15) is 0 Å². The summed E-state index contributed by atoms with van der Waals surface area (Å²) in [5.41, 5.74) is 2.12. The highest BCUT2D eigenvalue weighted by atomic mass is 32.2. The predicted octanol–water partition coefficient (Wildman–Crippen LogP) is 6.19. The topological polar surface area (TPSA) is 35.0 Å².